The van der Waals surface area contributed by atoms with Crippen molar-refractivity contribution in [2.24, 2.45) is 0 Å². The monoisotopic (exact) mass is 356 g/mol. The lowest BCUT2D eigenvalue weighted by atomic mass is 10.1. The number of aryl methyl sites for hydroxylation is 1. The highest BCUT2D eigenvalue weighted by Gasteiger charge is 2.30. The highest BCUT2D eigenvalue weighted by atomic mass is 35.5. The van der Waals surface area contributed by atoms with Crippen LogP contribution >= 0.6 is 11.6 Å². The average molecular weight is 357 g/mol. The summed E-state index contributed by atoms with van der Waals surface area (Å²) in [7, 11) is 0. The number of rotatable bonds is 3. The van der Waals surface area contributed by atoms with Crippen LogP contribution in [0.15, 0.2) is 42.2 Å². The average Bonchev–Trinajstić information content (AvgIpc) is 2.87. The number of Topliss-reactive ketones (excluding diaryl/α,β-unsaturated/α-hetero) is 1. The molecule has 2 aromatic rings. The van der Waals surface area contributed by atoms with E-state index < -0.39 is 11.3 Å². The van der Waals surface area contributed by atoms with Crippen molar-refractivity contribution in [2.75, 3.05) is 0 Å². The first-order valence-corrected chi connectivity index (χ1v) is 8.30. The normalized spacial score (nSPS) is 15.7. The molecular formula is C20H17ClO4. The molecule has 5 heteroatoms. The number of hydrogen-bond acceptors (Lipinski definition) is 4. The van der Waals surface area contributed by atoms with E-state index in [4.69, 9.17) is 21.1 Å². The molecule has 128 valence electrons. The Morgan fingerprint density at radius 3 is 2.68 bits per heavy atom. The Balaban J connectivity index is 1.93. The molecule has 1 unspecified atom stereocenters. The zero-order valence-electron chi connectivity index (χ0n) is 14.1. The third kappa shape index (κ3) is 3.44. The summed E-state index contributed by atoms with van der Waals surface area (Å²) in [6.07, 6.45) is 1.71. The number of ether oxygens (including phenoxy) is 2. The smallest absolute Gasteiger partial charge is 0.329 e. The Labute approximate surface area is 151 Å². The number of fused-ring (bicyclic) bond motifs is 1. The maximum atomic E-state index is 12.6. The quantitative estimate of drug-likeness (QED) is 0.353. The van der Waals surface area contributed by atoms with Crippen molar-refractivity contribution >= 4 is 29.4 Å². The molecule has 1 aliphatic rings. The molecule has 0 saturated heterocycles. The summed E-state index contributed by atoms with van der Waals surface area (Å²) < 4.78 is 11.0. The van der Waals surface area contributed by atoms with Crippen LogP contribution in [-0.2, 0) is 4.79 Å². The molecule has 0 bridgehead atoms. The molecule has 25 heavy (non-hydrogen) atoms. The SMILES string of the molecule is Cc1cccc(/C=C2\Oc3c(ccc(OC(=O)C(C)Cl)c3C)C2=O)c1. The molecule has 1 aliphatic heterocycles. The fraction of sp³-hybridized carbons (Fsp3) is 0.200. The topological polar surface area (TPSA) is 52.6 Å². The zero-order valence-corrected chi connectivity index (χ0v) is 14.9. The molecule has 4 nitrogen and oxygen atoms in total. The van der Waals surface area contributed by atoms with Gasteiger partial charge in [-0.3, -0.25) is 9.59 Å². The minimum atomic E-state index is -0.757. The molecule has 0 amide bonds. The number of halogens is 1. The second-order valence-electron chi connectivity index (χ2n) is 5.96. The predicted octanol–water partition coefficient (Wildman–Crippen LogP) is 4.45. The molecule has 0 radical (unpaired) electrons. The Morgan fingerprint density at radius 1 is 1.24 bits per heavy atom. The molecule has 1 atom stereocenters. The van der Waals surface area contributed by atoms with Crippen LogP contribution < -0.4 is 9.47 Å². The van der Waals surface area contributed by atoms with Crippen LogP contribution in [0.1, 0.15) is 34.0 Å². The third-order valence-electron chi connectivity index (χ3n) is 3.91. The van der Waals surface area contributed by atoms with Crippen molar-refractivity contribution in [3.8, 4) is 11.5 Å². The first kappa shape index (κ1) is 17.2. The maximum Gasteiger partial charge on any atom is 0.329 e. The summed E-state index contributed by atoms with van der Waals surface area (Å²) >= 11 is 5.73. The van der Waals surface area contributed by atoms with Crippen LogP contribution in [0.2, 0.25) is 0 Å². The molecule has 2 aromatic carbocycles. The number of esters is 1. The Bertz CT molecular complexity index is 897. The van der Waals surface area contributed by atoms with E-state index in [2.05, 4.69) is 0 Å². The van der Waals surface area contributed by atoms with Gasteiger partial charge in [0.25, 0.3) is 0 Å². The number of hydrogen-bond donors (Lipinski definition) is 0. The van der Waals surface area contributed by atoms with Crippen molar-refractivity contribution < 1.29 is 19.1 Å². The van der Waals surface area contributed by atoms with E-state index in [0.717, 1.165) is 11.1 Å². The lowest BCUT2D eigenvalue weighted by Crippen LogP contribution is -2.18. The van der Waals surface area contributed by atoms with Gasteiger partial charge in [0.1, 0.15) is 16.9 Å². The van der Waals surface area contributed by atoms with Crippen LogP contribution in [0.25, 0.3) is 6.08 Å². The minimum Gasteiger partial charge on any atom is -0.452 e. The molecule has 0 fully saturated rings. The van der Waals surface area contributed by atoms with Gasteiger partial charge in [0.2, 0.25) is 5.78 Å². The first-order chi connectivity index (χ1) is 11.9. The van der Waals surface area contributed by atoms with Crippen molar-refractivity contribution in [1.82, 2.24) is 0 Å². The van der Waals surface area contributed by atoms with E-state index in [1.54, 1.807) is 25.1 Å². The number of allylic oxidation sites excluding steroid dienone is 1. The van der Waals surface area contributed by atoms with Crippen LogP contribution in [0, 0.1) is 13.8 Å². The van der Waals surface area contributed by atoms with Gasteiger partial charge in [-0.25, -0.2) is 0 Å². The predicted molar refractivity (Wildman–Crippen MR) is 96.2 cm³/mol. The van der Waals surface area contributed by atoms with Crippen LogP contribution in [0.4, 0.5) is 0 Å². The lowest BCUT2D eigenvalue weighted by Gasteiger charge is -2.10. The highest BCUT2D eigenvalue weighted by molar-refractivity contribution is 6.29. The van der Waals surface area contributed by atoms with Crippen molar-refractivity contribution in [3.05, 3.63) is 64.4 Å². The van der Waals surface area contributed by atoms with E-state index in [1.807, 2.05) is 31.2 Å². The molecule has 0 aromatic heterocycles. The fourth-order valence-electron chi connectivity index (χ4n) is 2.58. The largest absolute Gasteiger partial charge is 0.452 e. The van der Waals surface area contributed by atoms with E-state index in [0.29, 0.717) is 22.6 Å². The highest BCUT2D eigenvalue weighted by Crippen LogP contribution is 2.39. The maximum absolute atomic E-state index is 12.6. The van der Waals surface area contributed by atoms with Crippen molar-refractivity contribution in [3.63, 3.8) is 0 Å². The first-order valence-electron chi connectivity index (χ1n) is 7.87. The van der Waals surface area contributed by atoms with Gasteiger partial charge in [-0.15, -0.1) is 11.6 Å². The molecule has 0 N–H and O–H groups in total. The molecule has 0 saturated carbocycles. The van der Waals surface area contributed by atoms with Gasteiger partial charge >= 0.3 is 5.97 Å². The number of ketones is 1. The van der Waals surface area contributed by atoms with Gasteiger partial charge in [-0.2, -0.15) is 0 Å². The Kier molecular flexibility index (Phi) is 4.64. The lowest BCUT2D eigenvalue weighted by molar-refractivity contribution is -0.133. The van der Waals surface area contributed by atoms with Crippen LogP contribution in [0.5, 0.6) is 11.5 Å². The molecular weight excluding hydrogens is 340 g/mol. The van der Waals surface area contributed by atoms with Crippen molar-refractivity contribution in [1.29, 1.82) is 0 Å². The second kappa shape index (κ2) is 6.73. The van der Waals surface area contributed by atoms with E-state index in [-0.39, 0.29) is 11.5 Å². The van der Waals surface area contributed by atoms with Crippen LogP contribution in [0.3, 0.4) is 0 Å². The van der Waals surface area contributed by atoms with Crippen LogP contribution in [-0.4, -0.2) is 17.1 Å². The van der Waals surface area contributed by atoms with E-state index in [1.165, 1.54) is 6.92 Å². The number of carbonyl (C=O) groups excluding carboxylic acids is 2. The molecule has 3 rings (SSSR count). The zero-order chi connectivity index (χ0) is 18.1. The fourth-order valence-corrected chi connectivity index (χ4v) is 2.62. The van der Waals surface area contributed by atoms with Crippen molar-refractivity contribution in [2.45, 2.75) is 26.1 Å². The minimum absolute atomic E-state index is 0.191. The summed E-state index contributed by atoms with van der Waals surface area (Å²) in [4.78, 5) is 24.3. The van der Waals surface area contributed by atoms with E-state index in [9.17, 15) is 9.59 Å². The standard InChI is InChI=1S/C20H17ClO4/c1-11-5-4-6-14(9-11)10-17-18(22)15-7-8-16(12(2)19(15)24-17)25-20(23)13(3)21/h4-10,13H,1-3H3/b17-10-. The summed E-state index contributed by atoms with van der Waals surface area (Å²) in [6.45, 7) is 5.26. The van der Waals surface area contributed by atoms with Gasteiger partial charge in [-0.05, 0) is 44.5 Å². The van der Waals surface area contributed by atoms with Gasteiger partial charge in [0.05, 0.1) is 5.56 Å². The third-order valence-corrected chi connectivity index (χ3v) is 4.09. The summed E-state index contributed by atoms with van der Waals surface area (Å²) in [5, 5.41) is -0.757. The molecule has 0 aliphatic carbocycles. The van der Waals surface area contributed by atoms with E-state index >= 15 is 0 Å². The van der Waals surface area contributed by atoms with Gasteiger partial charge < -0.3 is 9.47 Å². The summed E-state index contributed by atoms with van der Waals surface area (Å²) in [5.41, 5.74) is 3.02. The summed E-state index contributed by atoms with van der Waals surface area (Å²) in [5.74, 6) is 0.253. The Morgan fingerprint density at radius 2 is 2.00 bits per heavy atom. The number of carbonyl (C=O) groups is 2. The molecule has 1 heterocycles. The number of benzene rings is 2. The summed E-state index contributed by atoms with van der Waals surface area (Å²) in [6, 6.07) is 11.0. The van der Waals surface area contributed by atoms with Gasteiger partial charge in [0, 0.05) is 5.56 Å². The molecule has 0 spiro atoms. The second-order valence-corrected chi connectivity index (χ2v) is 6.61. The van der Waals surface area contributed by atoms with Gasteiger partial charge in [-0.1, -0.05) is 29.8 Å². The Hall–Kier alpha value is -2.59. The number of alkyl halides is 1. The van der Waals surface area contributed by atoms with Gasteiger partial charge in [0.15, 0.2) is 5.76 Å².